The van der Waals surface area contributed by atoms with E-state index in [4.69, 9.17) is 4.74 Å². The molecule has 0 aliphatic rings. The Labute approximate surface area is 126 Å². The van der Waals surface area contributed by atoms with Crippen LogP contribution in [-0.4, -0.2) is 49.2 Å². The molecule has 0 atom stereocenters. The molecule has 0 aliphatic heterocycles. The Morgan fingerprint density at radius 1 is 1.29 bits per heavy atom. The maximum absolute atomic E-state index is 12.1. The van der Waals surface area contributed by atoms with Crippen LogP contribution in [0.5, 0.6) is 0 Å². The van der Waals surface area contributed by atoms with Gasteiger partial charge in [0.25, 0.3) is 5.91 Å². The van der Waals surface area contributed by atoms with Crippen LogP contribution in [0.2, 0.25) is 0 Å². The van der Waals surface area contributed by atoms with E-state index in [0.29, 0.717) is 24.7 Å². The normalized spacial score (nSPS) is 10.5. The molecule has 0 bridgehead atoms. The first-order chi connectivity index (χ1) is 10.1. The van der Waals surface area contributed by atoms with Gasteiger partial charge in [-0.3, -0.25) is 4.79 Å². The molecule has 1 amide bonds. The highest BCUT2D eigenvalue weighted by atomic mass is 16.5. The van der Waals surface area contributed by atoms with E-state index in [2.05, 4.69) is 34.0 Å². The fourth-order valence-electron chi connectivity index (χ4n) is 2.07. The smallest absolute Gasteiger partial charge is 0.270 e. The zero-order valence-corrected chi connectivity index (χ0v) is 13.5. The zero-order valence-electron chi connectivity index (χ0n) is 13.5. The summed E-state index contributed by atoms with van der Waals surface area (Å²) in [6.45, 7) is 8.89. The number of ether oxygens (including phenoxy) is 1. The summed E-state index contributed by atoms with van der Waals surface area (Å²) in [5.41, 5.74) is 0.408. The van der Waals surface area contributed by atoms with Crippen LogP contribution < -0.4 is 10.2 Å². The first kappa shape index (κ1) is 17.4. The largest absolute Gasteiger partial charge is 0.383 e. The van der Waals surface area contributed by atoms with Crippen molar-refractivity contribution in [1.29, 1.82) is 0 Å². The highest BCUT2D eigenvalue weighted by Gasteiger charge is 2.13. The van der Waals surface area contributed by atoms with E-state index in [-0.39, 0.29) is 5.91 Å². The number of hydrogen-bond acceptors (Lipinski definition) is 5. The van der Waals surface area contributed by atoms with Gasteiger partial charge >= 0.3 is 0 Å². The third-order valence-electron chi connectivity index (χ3n) is 2.96. The summed E-state index contributed by atoms with van der Waals surface area (Å²) in [5.74, 6) is 1.25. The van der Waals surface area contributed by atoms with Gasteiger partial charge < -0.3 is 15.0 Å². The van der Waals surface area contributed by atoms with Crippen molar-refractivity contribution in [3.05, 3.63) is 17.6 Å². The first-order valence-electron chi connectivity index (χ1n) is 7.50. The van der Waals surface area contributed by atoms with Gasteiger partial charge in [0.15, 0.2) is 0 Å². The quantitative estimate of drug-likeness (QED) is 0.703. The fourth-order valence-corrected chi connectivity index (χ4v) is 2.07. The van der Waals surface area contributed by atoms with E-state index < -0.39 is 0 Å². The molecule has 0 fully saturated rings. The molecule has 21 heavy (non-hydrogen) atoms. The third kappa shape index (κ3) is 5.67. The molecule has 0 radical (unpaired) electrons. The molecule has 1 aromatic heterocycles. The number of carbonyl (C=O) groups is 1. The summed E-state index contributed by atoms with van der Waals surface area (Å²) in [7, 11) is 1.60. The van der Waals surface area contributed by atoms with Gasteiger partial charge in [-0.1, -0.05) is 13.8 Å². The Hall–Kier alpha value is -1.69. The van der Waals surface area contributed by atoms with Crippen molar-refractivity contribution in [3.63, 3.8) is 0 Å². The van der Waals surface area contributed by atoms with Gasteiger partial charge in [-0.15, -0.1) is 0 Å². The van der Waals surface area contributed by atoms with Gasteiger partial charge in [0.2, 0.25) is 0 Å². The molecule has 0 aromatic carbocycles. The van der Waals surface area contributed by atoms with Gasteiger partial charge in [0.05, 0.1) is 6.61 Å². The van der Waals surface area contributed by atoms with Crippen LogP contribution in [0.15, 0.2) is 6.07 Å². The van der Waals surface area contributed by atoms with E-state index in [1.807, 2.05) is 6.92 Å². The lowest BCUT2D eigenvalue weighted by atomic mass is 10.3. The highest BCUT2D eigenvalue weighted by molar-refractivity contribution is 5.92. The number of aryl methyl sites for hydroxylation is 1. The number of hydrogen-bond donors (Lipinski definition) is 1. The van der Waals surface area contributed by atoms with Crippen molar-refractivity contribution >= 4 is 11.7 Å². The number of nitrogens with one attached hydrogen (secondary N) is 1. The SMILES string of the molecule is CCCN(CCC)c1cc(C(=O)NCCOC)nc(C)n1. The zero-order chi connectivity index (χ0) is 15.7. The second kappa shape index (κ2) is 9.28. The Kier molecular flexibility index (Phi) is 7.68. The summed E-state index contributed by atoms with van der Waals surface area (Å²) in [6.07, 6.45) is 2.08. The molecule has 1 rings (SSSR count). The number of anilines is 1. The predicted octanol–water partition coefficient (Wildman–Crippen LogP) is 1.79. The van der Waals surface area contributed by atoms with E-state index in [1.165, 1.54) is 0 Å². The maximum Gasteiger partial charge on any atom is 0.270 e. The lowest BCUT2D eigenvalue weighted by Gasteiger charge is -2.23. The van der Waals surface area contributed by atoms with E-state index in [9.17, 15) is 4.79 Å². The van der Waals surface area contributed by atoms with Crippen LogP contribution in [0.1, 0.15) is 43.0 Å². The lowest BCUT2D eigenvalue weighted by molar-refractivity contribution is 0.0931. The molecule has 1 aromatic rings. The number of carbonyl (C=O) groups excluding carboxylic acids is 1. The van der Waals surface area contributed by atoms with Crippen molar-refractivity contribution in [2.45, 2.75) is 33.6 Å². The van der Waals surface area contributed by atoms with Crippen LogP contribution >= 0.6 is 0 Å². The van der Waals surface area contributed by atoms with Gasteiger partial charge in [-0.05, 0) is 19.8 Å². The fraction of sp³-hybridized carbons (Fsp3) is 0.667. The molecule has 0 saturated heterocycles. The monoisotopic (exact) mass is 294 g/mol. The number of rotatable bonds is 9. The average Bonchev–Trinajstić information content (AvgIpc) is 2.46. The van der Waals surface area contributed by atoms with Crippen LogP contribution in [0.3, 0.4) is 0 Å². The summed E-state index contributed by atoms with van der Waals surface area (Å²) in [4.78, 5) is 23.0. The van der Waals surface area contributed by atoms with Crippen LogP contribution in [-0.2, 0) is 4.74 Å². The van der Waals surface area contributed by atoms with Crippen molar-refractivity contribution in [3.8, 4) is 0 Å². The molecule has 0 aliphatic carbocycles. The van der Waals surface area contributed by atoms with Gasteiger partial charge in [0.1, 0.15) is 17.3 Å². The maximum atomic E-state index is 12.1. The summed E-state index contributed by atoms with van der Waals surface area (Å²) in [6, 6.07) is 1.76. The van der Waals surface area contributed by atoms with Crippen molar-refractivity contribution < 1.29 is 9.53 Å². The van der Waals surface area contributed by atoms with E-state index in [1.54, 1.807) is 13.2 Å². The molecule has 0 spiro atoms. The Morgan fingerprint density at radius 3 is 2.52 bits per heavy atom. The molecule has 6 heteroatoms. The third-order valence-corrected chi connectivity index (χ3v) is 2.96. The Balaban J connectivity index is 2.89. The van der Waals surface area contributed by atoms with Gasteiger partial charge in [-0.2, -0.15) is 0 Å². The van der Waals surface area contributed by atoms with Crippen molar-refractivity contribution in [2.24, 2.45) is 0 Å². The molecular weight excluding hydrogens is 268 g/mol. The van der Waals surface area contributed by atoms with Crippen LogP contribution in [0.25, 0.3) is 0 Å². The second-order valence-corrected chi connectivity index (χ2v) is 4.89. The molecule has 0 saturated carbocycles. The van der Waals surface area contributed by atoms with Crippen LogP contribution in [0, 0.1) is 6.92 Å². The van der Waals surface area contributed by atoms with Crippen molar-refractivity contribution in [1.82, 2.24) is 15.3 Å². The second-order valence-electron chi connectivity index (χ2n) is 4.89. The number of methoxy groups -OCH3 is 1. The van der Waals surface area contributed by atoms with E-state index in [0.717, 1.165) is 31.7 Å². The van der Waals surface area contributed by atoms with Gasteiger partial charge in [0, 0.05) is 32.8 Å². The molecule has 118 valence electrons. The number of nitrogens with zero attached hydrogens (tertiary/aromatic N) is 3. The summed E-state index contributed by atoms with van der Waals surface area (Å²) < 4.78 is 4.92. The Morgan fingerprint density at radius 2 is 1.95 bits per heavy atom. The first-order valence-corrected chi connectivity index (χ1v) is 7.50. The van der Waals surface area contributed by atoms with Crippen molar-refractivity contribution in [2.75, 3.05) is 38.3 Å². The molecule has 0 unspecified atom stereocenters. The minimum atomic E-state index is -0.188. The average molecular weight is 294 g/mol. The summed E-state index contributed by atoms with van der Waals surface area (Å²) >= 11 is 0. The minimum absolute atomic E-state index is 0.188. The highest BCUT2D eigenvalue weighted by Crippen LogP contribution is 2.14. The predicted molar refractivity (Wildman–Crippen MR) is 83.8 cm³/mol. The molecular formula is C15H26N4O2. The summed E-state index contributed by atoms with van der Waals surface area (Å²) in [5, 5.41) is 2.78. The number of aromatic nitrogens is 2. The van der Waals surface area contributed by atoms with E-state index >= 15 is 0 Å². The number of amides is 1. The lowest BCUT2D eigenvalue weighted by Crippen LogP contribution is -2.30. The molecule has 1 N–H and O–H groups in total. The van der Waals surface area contributed by atoms with Crippen LogP contribution in [0.4, 0.5) is 5.82 Å². The molecule has 6 nitrogen and oxygen atoms in total. The Bertz CT molecular complexity index is 445. The van der Waals surface area contributed by atoms with Gasteiger partial charge in [-0.25, -0.2) is 9.97 Å². The molecule has 1 heterocycles. The minimum Gasteiger partial charge on any atom is -0.383 e. The topological polar surface area (TPSA) is 67.4 Å². The standard InChI is InChI=1S/C15H26N4O2/c1-5-8-19(9-6-2)14-11-13(17-12(3)18-14)15(20)16-7-10-21-4/h11H,5-10H2,1-4H3,(H,16,20).